The van der Waals surface area contributed by atoms with Crippen LogP contribution in [0.25, 0.3) is 0 Å². The van der Waals surface area contributed by atoms with Crippen molar-refractivity contribution in [2.24, 2.45) is 5.92 Å². The minimum absolute atomic E-state index is 0.485. The maximum absolute atomic E-state index is 11.8. The molecule has 72 valence electrons. The highest BCUT2D eigenvalue weighted by molar-refractivity contribution is 6.87. The van der Waals surface area contributed by atoms with Crippen LogP contribution in [0.4, 0.5) is 0 Å². The molecular formula is C11H18OSi. The molecule has 1 unspecified atom stereocenters. The topological polar surface area (TPSA) is 17.1 Å². The molecule has 2 aliphatic carbocycles. The molecule has 2 heteroatoms. The number of allylic oxidation sites excluding steroid dienone is 2. The van der Waals surface area contributed by atoms with Crippen molar-refractivity contribution in [1.29, 1.82) is 0 Å². The Morgan fingerprint density at radius 1 is 1.31 bits per heavy atom. The summed E-state index contributed by atoms with van der Waals surface area (Å²) in [4.78, 5) is 11.8. The van der Waals surface area contributed by atoms with Crippen molar-refractivity contribution in [3.05, 3.63) is 10.8 Å². The standard InChI is InChI=1S/C11H18OSi/c1-13(2,3)11-9-6-4-5-8(9)7-10(11)12/h8H,4-7H2,1-3H3. The van der Waals surface area contributed by atoms with Gasteiger partial charge in [0.1, 0.15) is 0 Å². The van der Waals surface area contributed by atoms with Crippen LogP contribution >= 0.6 is 0 Å². The lowest BCUT2D eigenvalue weighted by Gasteiger charge is -2.18. The molecule has 1 nitrogen and oxygen atoms in total. The molecular weight excluding hydrogens is 176 g/mol. The van der Waals surface area contributed by atoms with Gasteiger partial charge in [0.25, 0.3) is 0 Å². The van der Waals surface area contributed by atoms with Crippen molar-refractivity contribution in [3.8, 4) is 0 Å². The number of rotatable bonds is 1. The van der Waals surface area contributed by atoms with Crippen LogP contribution in [0.15, 0.2) is 10.8 Å². The van der Waals surface area contributed by atoms with E-state index >= 15 is 0 Å². The lowest BCUT2D eigenvalue weighted by atomic mass is 10.1. The normalized spacial score (nSPS) is 28.5. The average Bonchev–Trinajstić information content (AvgIpc) is 2.41. The summed E-state index contributed by atoms with van der Waals surface area (Å²) >= 11 is 0. The Hall–Kier alpha value is -0.373. The molecule has 0 aromatic heterocycles. The van der Waals surface area contributed by atoms with E-state index in [1.807, 2.05) is 0 Å². The van der Waals surface area contributed by atoms with E-state index in [9.17, 15) is 4.79 Å². The molecule has 0 heterocycles. The Kier molecular flexibility index (Phi) is 1.99. The minimum atomic E-state index is -1.34. The first kappa shape index (κ1) is 9.19. The zero-order valence-corrected chi connectivity index (χ0v) is 9.81. The van der Waals surface area contributed by atoms with Gasteiger partial charge in [0.15, 0.2) is 5.78 Å². The van der Waals surface area contributed by atoms with Crippen LogP contribution in [0.5, 0.6) is 0 Å². The molecule has 0 bridgehead atoms. The van der Waals surface area contributed by atoms with Crippen LogP contribution in [-0.4, -0.2) is 13.9 Å². The molecule has 0 N–H and O–H groups in total. The molecule has 1 fully saturated rings. The van der Waals surface area contributed by atoms with Gasteiger partial charge in [0, 0.05) is 6.42 Å². The number of carbonyl (C=O) groups is 1. The molecule has 0 aromatic carbocycles. The molecule has 13 heavy (non-hydrogen) atoms. The third-order valence-electron chi connectivity index (χ3n) is 3.27. The van der Waals surface area contributed by atoms with Crippen molar-refractivity contribution in [3.63, 3.8) is 0 Å². The van der Waals surface area contributed by atoms with E-state index in [4.69, 9.17) is 0 Å². The van der Waals surface area contributed by atoms with Gasteiger partial charge in [0.05, 0.1) is 8.07 Å². The minimum Gasteiger partial charge on any atom is -0.295 e. The van der Waals surface area contributed by atoms with Crippen molar-refractivity contribution in [2.45, 2.75) is 45.3 Å². The highest BCUT2D eigenvalue weighted by atomic mass is 28.3. The summed E-state index contributed by atoms with van der Waals surface area (Å²) in [6.45, 7) is 6.90. The molecule has 0 amide bonds. The maximum atomic E-state index is 11.8. The van der Waals surface area contributed by atoms with Crippen LogP contribution in [0, 0.1) is 5.92 Å². The van der Waals surface area contributed by atoms with Crippen molar-refractivity contribution in [1.82, 2.24) is 0 Å². The first-order valence-electron chi connectivity index (χ1n) is 5.27. The molecule has 0 radical (unpaired) electrons. The Morgan fingerprint density at radius 2 is 2.00 bits per heavy atom. The molecule has 0 aromatic rings. The van der Waals surface area contributed by atoms with Gasteiger partial charge in [-0.25, -0.2) is 0 Å². The third kappa shape index (κ3) is 1.41. The van der Waals surface area contributed by atoms with Crippen LogP contribution in [0.1, 0.15) is 25.7 Å². The second kappa shape index (κ2) is 2.81. The van der Waals surface area contributed by atoms with Crippen LogP contribution in [-0.2, 0) is 4.79 Å². The number of hydrogen-bond donors (Lipinski definition) is 0. The summed E-state index contributed by atoms with van der Waals surface area (Å²) in [5.41, 5.74) is 1.56. The summed E-state index contributed by atoms with van der Waals surface area (Å²) in [6.07, 6.45) is 4.65. The van der Waals surface area contributed by atoms with E-state index < -0.39 is 8.07 Å². The number of hydrogen-bond acceptors (Lipinski definition) is 1. The zero-order valence-electron chi connectivity index (χ0n) is 8.81. The fraction of sp³-hybridized carbons (Fsp3) is 0.727. The second-order valence-electron chi connectivity index (χ2n) is 5.37. The largest absolute Gasteiger partial charge is 0.295 e. The van der Waals surface area contributed by atoms with Crippen molar-refractivity contribution >= 4 is 13.9 Å². The predicted molar refractivity (Wildman–Crippen MR) is 57.3 cm³/mol. The van der Waals surface area contributed by atoms with E-state index in [-0.39, 0.29) is 0 Å². The van der Waals surface area contributed by atoms with Gasteiger partial charge in [-0.3, -0.25) is 4.79 Å². The predicted octanol–water partition coefficient (Wildman–Crippen LogP) is 2.93. The Morgan fingerprint density at radius 3 is 2.62 bits per heavy atom. The SMILES string of the molecule is C[Si](C)(C)C1=C2CCCC2CC1=O. The second-order valence-corrected chi connectivity index (χ2v) is 10.4. The molecule has 1 saturated carbocycles. The average molecular weight is 194 g/mol. The number of ketones is 1. The smallest absolute Gasteiger partial charge is 0.155 e. The molecule has 0 aliphatic heterocycles. The quantitative estimate of drug-likeness (QED) is 0.587. The van der Waals surface area contributed by atoms with Crippen LogP contribution < -0.4 is 0 Å². The van der Waals surface area contributed by atoms with Crippen molar-refractivity contribution in [2.75, 3.05) is 0 Å². The lowest BCUT2D eigenvalue weighted by molar-refractivity contribution is -0.114. The van der Waals surface area contributed by atoms with E-state index in [1.54, 1.807) is 5.57 Å². The monoisotopic (exact) mass is 194 g/mol. The summed E-state index contributed by atoms with van der Waals surface area (Å²) < 4.78 is 0. The van der Waals surface area contributed by atoms with Crippen LogP contribution in [0.3, 0.4) is 0 Å². The van der Waals surface area contributed by atoms with E-state index in [1.165, 1.54) is 24.5 Å². The van der Waals surface area contributed by atoms with Gasteiger partial charge in [0.2, 0.25) is 0 Å². The van der Waals surface area contributed by atoms with Gasteiger partial charge < -0.3 is 0 Å². The molecule has 2 rings (SSSR count). The molecule has 2 aliphatic rings. The number of Topliss-reactive ketones (excluding diaryl/α,β-unsaturated/α-hetero) is 1. The molecule has 0 saturated heterocycles. The Labute approximate surface area is 81.2 Å². The fourth-order valence-corrected chi connectivity index (χ4v) is 5.11. The van der Waals surface area contributed by atoms with Crippen molar-refractivity contribution < 1.29 is 4.79 Å². The maximum Gasteiger partial charge on any atom is 0.155 e. The first-order chi connectivity index (χ1) is 6.00. The number of carbonyl (C=O) groups excluding carboxylic acids is 1. The summed E-state index contributed by atoms with van der Waals surface area (Å²) in [7, 11) is -1.34. The van der Waals surface area contributed by atoms with Gasteiger partial charge >= 0.3 is 0 Å². The molecule has 1 atom stereocenters. The van der Waals surface area contributed by atoms with Gasteiger partial charge in [-0.2, -0.15) is 0 Å². The lowest BCUT2D eigenvalue weighted by Crippen LogP contribution is -2.28. The summed E-state index contributed by atoms with van der Waals surface area (Å²) in [5.74, 6) is 1.15. The number of fused-ring (bicyclic) bond motifs is 1. The highest BCUT2D eigenvalue weighted by Crippen LogP contribution is 2.44. The van der Waals surface area contributed by atoms with Gasteiger partial charge in [-0.15, -0.1) is 0 Å². The summed E-state index contributed by atoms with van der Waals surface area (Å²) in [6, 6.07) is 0. The van der Waals surface area contributed by atoms with Crippen LogP contribution in [0.2, 0.25) is 19.6 Å². The first-order valence-corrected chi connectivity index (χ1v) is 8.77. The molecule has 0 spiro atoms. The van der Waals surface area contributed by atoms with E-state index in [0.29, 0.717) is 11.7 Å². The highest BCUT2D eigenvalue weighted by Gasteiger charge is 2.40. The Balaban J connectivity index is 2.43. The van der Waals surface area contributed by atoms with E-state index in [2.05, 4.69) is 19.6 Å². The van der Waals surface area contributed by atoms with Gasteiger partial charge in [-0.1, -0.05) is 25.2 Å². The van der Waals surface area contributed by atoms with E-state index in [0.717, 1.165) is 6.42 Å². The fourth-order valence-electron chi connectivity index (χ4n) is 2.88. The summed E-state index contributed by atoms with van der Waals surface area (Å²) in [5, 5.41) is 1.30. The Bertz CT molecular complexity index is 283. The third-order valence-corrected chi connectivity index (χ3v) is 5.37. The van der Waals surface area contributed by atoms with Gasteiger partial charge in [-0.05, 0) is 30.4 Å². The zero-order chi connectivity index (χ0) is 9.64.